The molecule has 0 aliphatic rings. The molecule has 88 valence electrons. The van der Waals surface area contributed by atoms with Gasteiger partial charge in [-0.1, -0.05) is 13.3 Å². The van der Waals surface area contributed by atoms with Gasteiger partial charge in [-0.3, -0.25) is 4.98 Å². The van der Waals surface area contributed by atoms with Crippen LogP contribution in [-0.4, -0.2) is 11.1 Å². The molecule has 2 N–H and O–H groups in total. The summed E-state index contributed by atoms with van der Waals surface area (Å²) in [6, 6.07) is 3.83. The highest BCUT2D eigenvalue weighted by Gasteiger charge is 2.15. The number of nitrogens with two attached hydrogens (primary N) is 1. The molecule has 1 atom stereocenters. The number of carbonyl (C=O) groups excluding carboxylic acids is 1. The Hall–Kier alpha value is -1.58. The molecule has 1 amide bonds. The van der Waals surface area contributed by atoms with Gasteiger partial charge in [0.05, 0.1) is 5.69 Å². The lowest BCUT2D eigenvalue weighted by Crippen LogP contribution is -2.18. The van der Waals surface area contributed by atoms with Gasteiger partial charge < -0.3 is 10.5 Å². The molecule has 0 bridgehead atoms. The number of nitrogens with zero attached hydrogens (tertiary/aromatic N) is 1. The summed E-state index contributed by atoms with van der Waals surface area (Å²) in [5, 5.41) is 0. The maximum atomic E-state index is 10.8. The standard InChI is InChI=1S/C12H18N2O2/c1-3-4-5-11(16-12(13)15)10-8-9(2)6-7-14-10/h6-8,11H,3-5H2,1-2H3,(H2,13,15). The molecular formula is C12H18N2O2. The number of hydrogen-bond acceptors (Lipinski definition) is 3. The average Bonchev–Trinajstić information content (AvgIpc) is 2.23. The summed E-state index contributed by atoms with van der Waals surface area (Å²) in [4.78, 5) is 15.0. The first-order chi connectivity index (χ1) is 7.63. The first-order valence-corrected chi connectivity index (χ1v) is 5.52. The third-order valence-electron chi connectivity index (χ3n) is 2.34. The second kappa shape index (κ2) is 6.10. The van der Waals surface area contributed by atoms with Gasteiger partial charge in [-0.05, 0) is 37.5 Å². The monoisotopic (exact) mass is 222 g/mol. The number of ether oxygens (including phenoxy) is 1. The van der Waals surface area contributed by atoms with Crippen molar-refractivity contribution in [2.24, 2.45) is 5.73 Å². The van der Waals surface area contributed by atoms with E-state index in [1.807, 2.05) is 19.1 Å². The molecule has 1 aromatic rings. The quantitative estimate of drug-likeness (QED) is 0.833. The molecule has 0 fully saturated rings. The zero-order valence-corrected chi connectivity index (χ0v) is 9.77. The number of pyridine rings is 1. The van der Waals surface area contributed by atoms with E-state index in [-0.39, 0.29) is 6.10 Å². The highest BCUT2D eigenvalue weighted by atomic mass is 16.6. The van der Waals surface area contributed by atoms with Crippen LogP contribution in [0.4, 0.5) is 4.79 Å². The normalized spacial score (nSPS) is 12.1. The number of aryl methyl sites for hydroxylation is 1. The molecule has 4 heteroatoms. The van der Waals surface area contributed by atoms with Gasteiger partial charge in [0.1, 0.15) is 6.10 Å². The third-order valence-corrected chi connectivity index (χ3v) is 2.34. The molecule has 4 nitrogen and oxygen atoms in total. The van der Waals surface area contributed by atoms with Crippen LogP contribution >= 0.6 is 0 Å². The smallest absolute Gasteiger partial charge is 0.405 e. The van der Waals surface area contributed by atoms with E-state index in [1.54, 1.807) is 6.20 Å². The Bertz CT molecular complexity index is 353. The molecule has 0 radical (unpaired) electrons. The average molecular weight is 222 g/mol. The van der Waals surface area contributed by atoms with Crippen LogP contribution in [0.2, 0.25) is 0 Å². The van der Waals surface area contributed by atoms with Gasteiger partial charge in [0.25, 0.3) is 0 Å². The van der Waals surface area contributed by atoms with Crippen LogP contribution in [0.25, 0.3) is 0 Å². The number of unbranched alkanes of at least 4 members (excludes halogenated alkanes) is 1. The number of amides is 1. The van der Waals surface area contributed by atoms with Crippen molar-refractivity contribution in [3.05, 3.63) is 29.6 Å². The lowest BCUT2D eigenvalue weighted by Gasteiger charge is -2.15. The van der Waals surface area contributed by atoms with Crippen molar-refractivity contribution >= 4 is 6.09 Å². The van der Waals surface area contributed by atoms with Crippen LogP contribution in [0.15, 0.2) is 18.3 Å². The minimum absolute atomic E-state index is 0.322. The molecule has 0 aliphatic heterocycles. The van der Waals surface area contributed by atoms with Crippen molar-refractivity contribution in [2.45, 2.75) is 39.2 Å². The van der Waals surface area contributed by atoms with E-state index in [4.69, 9.17) is 10.5 Å². The van der Waals surface area contributed by atoms with Crippen molar-refractivity contribution in [2.75, 3.05) is 0 Å². The third kappa shape index (κ3) is 3.88. The van der Waals surface area contributed by atoms with Crippen LogP contribution in [-0.2, 0) is 4.74 Å². The van der Waals surface area contributed by atoms with Crippen LogP contribution in [0.3, 0.4) is 0 Å². The molecule has 0 saturated carbocycles. The Labute approximate surface area is 95.8 Å². The minimum atomic E-state index is -0.746. The molecule has 0 spiro atoms. The van der Waals surface area contributed by atoms with Gasteiger partial charge in [-0.2, -0.15) is 0 Å². The Morgan fingerprint density at radius 3 is 2.94 bits per heavy atom. The lowest BCUT2D eigenvalue weighted by molar-refractivity contribution is 0.0972. The summed E-state index contributed by atoms with van der Waals surface area (Å²) in [7, 11) is 0. The van der Waals surface area contributed by atoms with E-state index in [9.17, 15) is 4.79 Å². The van der Waals surface area contributed by atoms with Crippen molar-refractivity contribution in [1.82, 2.24) is 4.98 Å². The maximum absolute atomic E-state index is 10.8. The highest BCUT2D eigenvalue weighted by molar-refractivity contribution is 5.64. The second-order valence-electron chi connectivity index (χ2n) is 3.83. The molecule has 1 unspecified atom stereocenters. The van der Waals surface area contributed by atoms with E-state index in [0.717, 1.165) is 30.5 Å². The Morgan fingerprint density at radius 2 is 2.38 bits per heavy atom. The Kier molecular flexibility index (Phi) is 4.76. The SMILES string of the molecule is CCCCC(OC(N)=O)c1cc(C)ccn1. The molecular weight excluding hydrogens is 204 g/mol. The molecule has 0 saturated heterocycles. The number of carbonyl (C=O) groups is 1. The molecule has 0 aromatic carbocycles. The maximum Gasteiger partial charge on any atom is 0.405 e. The predicted molar refractivity (Wildman–Crippen MR) is 61.9 cm³/mol. The largest absolute Gasteiger partial charge is 0.440 e. The second-order valence-corrected chi connectivity index (χ2v) is 3.83. The van der Waals surface area contributed by atoms with Crippen LogP contribution in [0.5, 0.6) is 0 Å². The van der Waals surface area contributed by atoms with Crippen LogP contribution in [0.1, 0.15) is 43.5 Å². The van der Waals surface area contributed by atoms with E-state index in [0.29, 0.717) is 0 Å². The fraction of sp³-hybridized carbons (Fsp3) is 0.500. The van der Waals surface area contributed by atoms with Crippen molar-refractivity contribution in [1.29, 1.82) is 0 Å². The van der Waals surface area contributed by atoms with Crippen molar-refractivity contribution in [3.8, 4) is 0 Å². The number of aromatic nitrogens is 1. The highest BCUT2D eigenvalue weighted by Crippen LogP contribution is 2.22. The number of rotatable bonds is 5. The van der Waals surface area contributed by atoms with Crippen LogP contribution < -0.4 is 5.73 Å². The summed E-state index contributed by atoms with van der Waals surface area (Å²) in [6.07, 6.45) is 3.43. The predicted octanol–water partition coefficient (Wildman–Crippen LogP) is 2.72. The van der Waals surface area contributed by atoms with Crippen LogP contribution in [0, 0.1) is 6.92 Å². The topological polar surface area (TPSA) is 65.2 Å². The van der Waals surface area contributed by atoms with Gasteiger partial charge in [0, 0.05) is 6.20 Å². The van der Waals surface area contributed by atoms with E-state index in [2.05, 4.69) is 11.9 Å². The van der Waals surface area contributed by atoms with Gasteiger partial charge in [0.15, 0.2) is 0 Å². The van der Waals surface area contributed by atoms with E-state index >= 15 is 0 Å². The molecule has 1 aromatic heterocycles. The first kappa shape index (κ1) is 12.5. The fourth-order valence-corrected chi connectivity index (χ4v) is 1.53. The summed E-state index contributed by atoms with van der Waals surface area (Å²) in [5.74, 6) is 0. The molecule has 16 heavy (non-hydrogen) atoms. The lowest BCUT2D eigenvalue weighted by atomic mass is 10.1. The summed E-state index contributed by atoms with van der Waals surface area (Å²) < 4.78 is 5.07. The van der Waals surface area contributed by atoms with Crippen molar-refractivity contribution in [3.63, 3.8) is 0 Å². The summed E-state index contributed by atoms with van der Waals surface area (Å²) in [6.45, 7) is 4.07. The minimum Gasteiger partial charge on any atom is -0.440 e. The summed E-state index contributed by atoms with van der Waals surface area (Å²) in [5.41, 5.74) is 6.92. The van der Waals surface area contributed by atoms with E-state index in [1.165, 1.54) is 0 Å². The Balaban J connectivity index is 2.78. The molecule has 0 aliphatic carbocycles. The summed E-state index contributed by atoms with van der Waals surface area (Å²) >= 11 is 0. The first-order valence-electron chi connectivity index (χ1n) is 5.52. The molecule has 1 heterocycles. The van der Waals surface area contributed by atoms with Gasteiger partial charge in [-0.25, -0.2) is 4.79 Å². The number of hydrogen-bond donors (Lipinski definition) is 1. The van der Waals surface area contributed by atoms with Gasteiger partial charge >= 0.3 is 6.09 Å². The number of primary amides is 1. The Morgan fingerprint density at radius 1 is 1.62 bits per heavy atom. The van der Waals surface area contributed by atoms with Gasteiger partial charge in [0.2, 0.25) is 0 Å². The van der Waals surface area contributed by atoms with Crippen molar-refractivity contribution < 1.29 is 9.53 Å². The fourth-order valence-electron chi connectivity index (χ4n) is 1.53. The molecule has 1 rings (SSSR count). The zero-order chi connectivity index (χ0) is 12.0. The van der Waals surface area contributed by atoms with E-state index < -0.39 is 6.09 Å². The zero-order valence-electron chi connectivity index (χ0n) is 9.77. The van der Waals surface area contributed by atoms with Gasteiger partial charge in [-0.15, -0.1) is 0 Å².